The highest BCUT2D eigenvalue weighted by atomic mass is 32.2. The highest BCUT2D eigenvalue weighted by Gasteiger charge is 2.27. The van der Waals surface area contributed by atoms with Gasteiger partial charge in [-0.25, -0.2) is 23.5 Å². The van der Waals surface area contributed by atoms with Gasteiger partial charge in [-0.05, 0) is 25.0 Å². The van der Waals surface area contributed by atoms with Gasteiger partial charge >= 0.3 is 0 Å². The molecule has 1 aliphatic carbocycles. The third kappa shape index (κ3) is 5.58. The monoisotopic (exact) mass is 660 g/mol. The van der Waals surface area contributed by atoms with Gasteiger partial charge in [0.05, 0.1) is 22.2 Å². The Bertz CT molecular complexity index is 2040. The van der Waals surface area contributed by atoms with Crippen molar-refractivity contribution in [2.45, 2.75) is 38.1 Å². The number of hydrogen-bond donors (Lipinski definition) is 1. The SMILES string of the molecule is CN(C)C(=O)c1cc2cnc(Cc3ccc(-c4csc5c(=O)cc(N6CCN([S@](C)=O)CC6)oc45)nc3N)nc2n1C1CCCC1. The molecule has 6 heterocycles. The summed E-state index contributed by atoms with van der Waals surface area (Å²) in [6, 6.07) is 7.45. The van der Waals surface area contributed by atoms with Gasteiger partial charge in [-0.1, -0.05) is 18.9 Å². The summed E-state index contributed by atoms with van der Waals surface area (Å²) in [5, 5.41) is 2.72. The zero-order chi connectivity index (χ0) is 32.1. The molecule has 0 spiro atoms. The van der Waals surface area contributed by atoms with Crippen molar-refractivity contribution in [3.8, 4) is 11.3 Å². The Hall–Kier alpha value is -4.14. The highest BCUT2D eigenvalue weighted by Crippen LogP contribution is 2.36. The van der Waals surface area contributed by atoms with Crippen LogP contribution in [0.25, 0.3) is 32.6 Å². The number of amides is 1. The van der Waals surface area contributed by atoms with Crippen molar-refractivity contribution in [2.24, 2.45) is 0 Å². The normalized spacial score (nSPS) is 16.9. The van der Waals surface area contributed by atoms with Gasteiger partial charge in [0.2, 0.25) is 5.43 Å². The number of pyridine rings is 1. The molecule has 5 aromatic rings. The van der Waals surface area contributed by atoms with Crippen LogP contribution in [0.5, 0.6) is 0 Å². The molecular formula is C32H36N8O4S2. The van der Waals surface area contributed by atoms with Crippen LogP contribution in [0, 0.1) is 0 Å². The van der Waals surface area contributed by atoms with Gasteiger partial charge in [0, 0.05) is 87.6 Å². The van der Waals surface area contributed by atoms with Gasteiger partial charge in [-0.15, -0.1) is 11.3 Å². The molecule has 0 unspecified atom stereocenters. The van der Waals surface area contributed by atoms with Crippen LogP contribution in [0.1, 0.15) is 53.6 Å². The lowest BCUT2D eigenvalue weighted by Gasteiger charge is -2.33. The second kappa shape index (κ2) is 12.2. The lowest BCUT2D eigenvalue weighted by Crippen LogP contribution is -2.46. The summed E-state index contributed by atoms with van der Waals surface area (Å²) in [6.07, 6.45) is 8.14. The third-order valence-corrected chi connectivity index (χ3v) is 11.0. The van der Waals surface area contributed by atoms with E-state index in [1.165, 1.54) is 17.4 Å². The van der Waals surface area contributed by atoms with Crippen molar-refractivity contribution < 1.29 is 13.4 Å². The fraction of sp³-hybridized carbons (Fsp3) is 0.406. The van der Waals surface area contributed by atoms with Crippen molar-refractivity contribution >= 4 is 61.2 Å². The van der Waals surface area contributed by atoms with Gasteiger partial charge in [0.15, 0.2) is 11.5 Å². The number of nitrogens with zero attached hydrogens (tertiary/aromatic N) is 7. The first-order valence-corrected chi connectivity index (χ1v) is 17.8. The molecule has 1 amide bonds. The summed E-state index contributed by atoms with van der Waals surface area (Å²) in [5.41, 5.74) is 10.4. The molecular weight excluding hydrogens is 625 g/mol. The zero-order valence-corrected chi connectivity index (χ0v) is 27.7. The Kier molecular flexibility index (Phi) is 8.11. The number of piperazine rings is 1. The first-order chi connectivity index (χ1) is 22.2. The fourth-order valence-electron chi connectivity index (χ4n) is 6.46. The number of thiophene rings is 1. The van der Waals surface area contributed by atoms with Crippen molar-refractivity contribution in [2.75, 3.05) is 57.2 Å². The molecule has 2 N–H and O–H groups in total. The molecule has 12 nitrogen and oxygen atoms in total. The average molecular weight is 661 g/mol. The first kappa shape index (κ1) is 30.5. The molecule has 1 saturated heterocycles. The van der Waals surface area contributed by atoms with Crippen LogP contribution in [-0.4, -0.2) is 85.4 Å². The number of anilines is 2. The quantitative estimate of drug-likeness (QED) is 0.273. The summed E-state index contributed by atoms with van der Waals surface area (Å²) >= 11 is 1.32. The van der Waals surface area contributed by atoms with Crippen molar-refractivity contribution in [1.82, 2.24) is 28.7 Å². The molecule has 1 atom stereocenters. The Balaban J connectivity index is 1.18. The first-order valence-electron chi connectivity index (χ1n) is 15.4. The molecule has 0 aromatic carbocycles. The molecule has 0 bridgehead atoms. The number of fused-ring (bicyclic) bond motifs is 2. The lowest BCUT2D eigenvalue weighted by molar-refractivity contribution is 0.0815. The van der Waals surface area contributed by atoms with E-state index in [2.05, 4.69) is 9.55 Å². The molecule has 0 radical (unpaired) electrons. The van der Waals surface area contributed by atoms with Crippen molar-refractivity contribution in [3.05, 3.63) is 63.1 Å². The van der Waals surface area contributed by atoms with Gasteiger partial charge < -0.3 is 24.5 Å². The molecule has 14 heteroatoms. The van der Waals surface area contributed by atoms with Crippen molar-refractivity contribution in [1.29, 1.82) is 0 Å². The maximum atomic E-state index is 13.1. The average Bonchev–Trinajstić information content (AvgIpc) is 3.80. The maximum absolute atomic E-state index is 13.1. The minimum Gasteiger partial charge on any atom is -0.439 e. The van der Waals surface area contributed by atoms with E-state index in [1.807, 2.05) is 32.8 Å². The standard InChI is InChI=1S/C32H36N8O4S2/c1-37(2)32(42)24-14-20-17-34-26(36-31(20)40(24)21-6-4-5-7-21)15-19-8-9-23(35-30(19)33)22-18-45-29-25(41)16-27(44-28(22)29)38-10-12-39(13-11-38)46(3)43/h8-9,14,16-18,21H,4-7,10-13,15H2,1-3H3,(H2,33,35)/t46-/m0/s1. The molecule has 2 fully saturated rings. The number of aromatic nitrogens is 4. The number of nitrogens with two attached hydrogens (primary N) is 1. The second-order valence-corrected chi connectivity index (χ2v) is 14.4. The molecule has 46 heavy (non-hydrogen) atoms. The molecule has 1 aliphatic heterocycles. The second-order valence-electron chi connectivity index (χ2n) is 12.1. The number of nitrogen functional groups attached to an aromatic ring is 1. The maximum Gasteiger partial charge on any atom is 0.270 e. The predicted molar refractivity (Wildman–Crippen MR) is 182 cm³/mol. The summed E-state index contributed by atoms with van der Waals surface area (Å²) in [6.45, 7) is 2.47. The highest BCUT2D eigenvalue weighted by molar-refractivity contribution is 7.81. The minimum atomic E-state index is -1.03. The Labute approximate surface area is 272 Å². The summed E-state index contributed by atoms with van der Waals surface area (Å²) in [4.78, 5) is 44.0. The fourth-order valence-corrected chi connectivity index (χ4v) is 8.03. The van der Waals surface area contributed by atoms with Crippen LogP contribution in [0.2, 0.25) is 0 Å². The minimum absolute atomic E-state index is 0.0452. The van der Waals surface area contributed by atoms with E-state index < -0.39 is 11.0 Å². The molecule has 5 aromatic heterocycles. The zero-order valence-electron chi connectivity index (χ0n) is 26.1. The number of carbonyl (C=O) groups is 1. The van der Waals surface area contributed by atoms with Crippen LogP contribution in [0.3, 0.4) is 0 Å². The van der Waals surface area contributed by atoms with E-state index in [-0.39, 0.29) is 17.4 Å². The Morgan fingerprint density at radius 1 is 1.13 bits per heavy atom. The Morgan fingerprint density at radius 3 is 2.59 bits per heavy atom. The topological polar surface area (TPSA) is 144 Å². The number of carbonyl (C=O) groups excluding carboxylic acids is 1. The molecule has 7 rings (SSSR count). The smallest absolute Gasteiger partial charge is 0.270 e. The van der Waals surface area contributed by atoms with Crippen LogP contribution in [0.15, 0.2) is 45.1 Å². The molecule has 1 saturated carbocycles. The van der Waals surface area contributed by atoms with Gasteiger partial charge in [0.1, 0.15) is 27.7 Å². The van der Waals surface area contributed by atoms with E-state index in [1.54, 1.807) is 31.4 Å². The molecule has 2 aliphatic rings. The Morgan fingerprint density at radius 2 is 1.89 bits per heavy atom. The van der Waals surface area contributed by atoms with Crippen molar-refractivity contribution in [3.63, 3.8) is 0 Å². The van der Waals surface area contributed by atoms with Gasteiger partial charge in [-0.2, -0.15) is 0 Å². The van der Waals surface area contributed by atoms with E-state index in [0.29, 0.717) is 77.4 Å². The van der Waals surface area contributed by atoms with Gasteiger partial charge in [-0.3, -0.25) is 9.59 Å². The molecule has 240 valence electrons. The van der Waals surface area contributed by atoms with Crippen LogP contribution in [0.4, 0.5) is 11.7 Å². The number of rotatable bonds is 7. The summed E-state index contributed by atoms with van der Waals surface area (Å²) < 4.78 is 22.7. The van der Waals surface area contributed by atoms with E-state index in [4.69, 9.17) is 20.1 Å². The van der Waals surface area contributed by atoms with Crippen LogP contribution < -0.4 is 16.1 Å². The summed E-state index contributed by atoms with van der Waals surface area (Å²) in [7, 11) is 2.50. The van der Waals surface area contributed by atoms with E-state index in [9.17, 15) is 13.8 Å². The summed E-state index contributed by atoms with van der Waals surface area (Å²) in [5.74, 6) is 1.39. The lowest BCUT2D eigenvalue weighted by atomic mass is 10.1. The van der Waals surface area contributed by atoms with Crippen LogP contribution >= 0.6 is 11.3 Å². The predicted octanol–water partition coefficient (Wildman–Crippen LogP) is 4.07. The van der Waals surface area contributed by atoms with Crippen LogP contribution in [-0.2, 0) is 17.4 Å². The largest absolute Gasteiger partial charge is 0.439 e. The van der Waals surface area contributed by atoms with Gasteiger partial charge in [0.25, 0.3) is 5.91 Å². The third-order valence-electron chi connectivity index (χ3n) is 8.92. The number of hydrogen-bond acceptors (Lipinski definition) is 10. The van der Waals surface area contributed by atoms with E-state index in [0.717, 1.165) is 42.3 Å². The van der Waals surface area contributed by atoms with E-state index >= 15 is 0 Å².